The molecule has 1 aliphatic rings. The molecule has 0 saturated carbocycles. The molecule has 0 N–H and O–H groups in total. The van der Waals surface area contributed by atoms with Gasteiger partial charge in [-0.2, -0.15) is 0 Å². The van der Waals surface area contributed by atoms with Crippen LogP contribution in [-0.4, -0.2) is 69.9 Å². The molecule has 1 aliphatic heterocycles. The summed E-state index contributed by atoms with van der Waals surface area (Å²) < 4.78 is 29.6. The topological polar surface area (TPSA) is 145 Å². The second-order valence-electron chi connectivity index (χ2n) is 7.68. The molecule has 35 heavy (non-hydrogen) atoms. The van der Waals surface area contributed by atoms with E-state index in [-0.39, 0.29) is 6.61 Å². The number of rotatable bonds is 7. The van der Waals surface area contributed by atoms with Crippen molar-refractivity contribution in [3.05, 3.63) is 34.9 Å². The van der Waals surface area contributed by atoms with Crippen molar-refractivity contribution in [2.45, 2.75) is 58.3 Å². The van der Waals surface area contributed by atoms with Gasteiger partial charge in [0.25, 0.3) is 0 Å². The molecular formula is C22H24BrN3O9. The van der Waals surface area contributed by atoms with Gasteiger partial charge in [-0.15, -0.1) is 5.10 Å². The number of hydrogen-bond donors (Lipinski definition) is 0. The van der Waals surface area contributed by atoms with Gasteiger partial charge in [-0.25, -0.2) is 4.68 Å². The van der Waals surface area contributed by atoms with E-state index in [9.17, 15) is 19.2 Å². The van der Waals surface area contributed by atoms with Gasteiger partial charge in [0.05, 0.1) is 6.20 Å². The van der Waals surface area contributed by atoms with Crippen LogP contribution in [0.5, 0.6) is 0 Å². The first-order valence-corrected chi connectivity index (χ1v) is 11.3. The summed E-state index contributed by atoms with van der Waals surface area (Å²) in [5, 5.41) is 8.26. The van der Waals surface area contributed by atoms with Crippen LogP contribution in [0.15, 0.2) is 34.9 Å². The minimum absolute atomic E-state index is 0.331. The Hall–Kier alpha value is -3.32. The van der Waals surface area contributed by atoms with Crippen LogP contribution in [0.25, 0.3) is 11.3 Å². The Bertz CT molecular complexity index is 1090. The molecule has 0 radical (unpaired) electrons. The number of hydrogen-bond acceptors (Lipinski definition) is 11. The number of nitrogens with zero attached hydrogens (tertiary/aromatic N) is 3. The highest BCUT2D eigenvalue weighted by atomic mass is 79.9. The summed E-state index contributed by atoms with van der Waals surface area (Å²) in [5.74, 6) is -2.72. The molecule has 1 fully saturated rings. The highest BCUT2D eigenvalue weighted by Crippen LogP contribution is 2.35. The number of benzene rings is 1. The van der Waals surface area contributed by atoms with Gasteiger partial charge in [0.2, 0.25) is 0 Å². The summed E-state index contributed by atoms with van der Waals surface area (Å²) in [5.41, 5.74) is 1.25. The van der Waals surface area contributed by atoms with Gasteiger partial charge in [-0.05, 0) is 12.1 Å². The van der Waals surface area contributed by atoms with Crippen LogP contribution < -0.4 is 0 Å². The van der Waals surface area contributed by atoms with Gasteiger partial charge in [-0.3, -0.25) is 19.2 Å². The standard InChI is InChI=1S/C22H24BrN3O9/c1-11(27)31-10-18-19(32-12(2)28)20(33-13(3)29)21(34-14(4)30)22(35-18)26-9-17(24-25-26)15-5-7-16(23)8-6-15/h5-9,18-22H,10H2,1-4H3/t18-,19-,20+,21+,22-/m1/s1. The van der Waals surface area contributed by atoms with Crippen molar-refractivity contribution in [2.75, 3.05) is 6.61 Å². The molecule has 0 spiro atoms. The third-order valence-electron chi connectivity index (χ3n) is 4.88. The van der Waals surface area contributed by atoms with E-state index in [1.165, 1.54) is 18.5 Å². The van der Waals surface area contributed by atoms with Crippen molar-refractivity contribution >= 4 is 39.8 Å². The van der Waals surface area contributed by atoms with Crippen molar-refractivity contribution in [1.82, 2.24) is 15.0 Å². The lowest BCUT2D eigenvalue weighted by atomic mass is 9.97. The van der Waals surface area contributed by atoms with E-state index in [4.69, 9.17) is 23.7 Å². The highest BCUT2D eigenvalue weighted by molar-refractivity contribution is 9.10. The third kappa shape index (κ3) is 6.85. The normalized spacial score (nSPS) is 23.7. The van der Waals surface area contributed by atoms with Crippen LogP contribution >= 0.6 is 15.9 Å². The van der Waals surface area contributed by atoms with Crippen LogP contribution in [0, 0.1) is 0 Å². The van der Waals surface area contributed by atoms with Gasteiger partial charge >= 0.3 is 23.9 Å². The largest absolute Gasteiger partial charge is 0.463 e. The minimum atomic E-state index is -1.29. The average molecular weight is 554 g/mol. The fourth-order valence-electron chi connectivity index (χ4n) is 3.57. The van der Waals surface area contributed by atoms with Gasteiger partial charge in [0.15, 0.2) is 24.5 Å². The van der Waals surface area contributed by atoms with E-state index in [0.29, 0.717) is 5.69 Å². The average Bonchev–Trinajstić information content (AvgIpc) is 3.24. The van der Waals surface area contributed by atoms with Crippen molar-refractivity contribution < 1.29 is 42.9 Å². The predicted octanol–water partition coefficient (Wildman–Crippen LogP) is 1.96. The van der Waals surface area contributed by atoms with E-state index < -0.39 is 54.5 Å². The lowest BCUT2D eigenvalue weighted by Gasteiger charge is -2.44. The third-order valence-corrected chi connectivity index (χ3v) is 5.41. The zero-order valence-electron chi connectivity index (χ0n) is 19.4. The Kier molecular flexibility index (Phi) is 8.57. The second-order valence-corrected chi connectivity index (χ2v) is 8.60. The molecule has 188 valence electrons. The first-order chi connectivity index (χ1) is 16.5. The van der Waals surface area contributed by atoms with Crippen molar-refractivity contribution in [2.24, 2.45) is 0 Å². The molecule has 0 aliphatic carbocycles. The van der Waals surface area contributed by atoms with Gasteiger partial charge in [0.1, 0.15) is 18.4 Å². The molecule has 2 aromatic rings. The molecule has 1 aromatic carbocycles. The second kappa shape index (κ2) is 11.4. The fraction of sp³-hybridized carbons (Fsp3) is 0.455. The quantitative estimate of drug-likeness (QED) is 0.366. The van der Waals surface area contributed by atoms with Gasteiger partial charge in [-0.1, -0.05) is 33.3 Å². The maximum absolute atomic E-state index is 12.0. The van der Waals surface area contributed by atoms with Crippen LogP contribution in [0.4, 0.5) is 0 Å². The Morgan fingerprint density at radius 3 is 2.03 bits per heavy atom. The number of carbonyl (C=O) groups excluding carboxylic acids is 4. The number of ether oxygens (including phenoxy) is 5. The number of carbonyl (C=O) groups is 4. The maximum atomic E-state index is 12.0. The minimum Gasteiger partial charge on any atom is -0.463 e. The summed E-state index contributed by atoms with van der Waals surface area (Å²) >= 11 is 3.37. The Morgan fingerprint density at radius 2 is 1.46 bits per heavy atom. The lowest BCUT2D eigenvalue weighted by Crippen LogP contribution is -2.60. The first kappa shape index (κ1) is 26.3. The smallest absolute Gasteiger partial charge is 0.303 e. The molecule has 0 bridgehead atoms. The maximum Gasteiger partial charge on any atom is 0.303 e. The monoisotopic (exact) mass is 553 g/mol. The Morgan fingerprint density at radius 1 is 0.886 bits per heavy atom. The van der Waals surface area contributed by atoms with E-state index in [2.05, 4.69) is 26.2 Å². The predicted molar refractivity (Wildman–Crippen MR) is 120 cm³/mol. The molecule has 1 saturated heterocycles. The van der Waals surface area contributed by atoms with E-state index >= 15 is 0 Å². The fourth-order valence-corrected chi connectivity index (χ4v) is 3.84. The van der Waals surface area contributed by atoms with Crippen LogP contribution in [0.3, 0.4) is 0 Å². The molecule has 0 amide bonds. The molecule has 12 nitrogen and oxygen atoms in total. The van der Waals surface area contributed by atoms with Crippen LogP contribution in [0.2, 0.25) is 0 Å². The number of esters is 4. The molecule has 1 aromatic heterocycles. The van der Waals surface area contributed by atoms with Crippen molar-refractivity contribution in [3.63, 3.8) is 0 Å². The van der Waals surface area contributed by atoms with Gasteiger partial charge in [0, 0.05) is 37.7 Å². The van der Waals surface area contributed by atoms with Crippen LogP contribution in [-0.2, 0) is 42.9 Å². The Labute approximate surface area is 208 Å². The summed E-state index contributed by atoms with van der Waals surface area (Å²) in [4.78, 5) is 47.2. The number of aromatic nitrogens is 3. The Balaban J connectivity index is 2.03. The highest BCUT2D eigenvalue weighted by Gasteiger charge is 2.53. The summed E-state index contributed by atoms with van der Waals surface area (Å²) in [6.07, 6.45) is -4.49. The van der Waals surface area contributed by atoms with E-state index in [1.807, 2.05) is 24.3 Å². The van der Waals surface area contributed by atoms with Crippen LogP contribution in [0.1, 0.15) is 33.9 Å². The molecule has 13 heteroatoms. The summed E-state index contributed by atoms with van der Waals surface area (Å²) in [6.45, 7) is 4.35. The molecular weight excluding hydrogens is 530 g/mol. The lowest BCUT2D eigenvalue weighted by molar-refractivity contribution is -0.270. The molecule has 0 unspecified atom stereocenters. The van der Waals surface area contributed by atoms with E-state index in [1.54, 1.807) is 6.20 Å². The summed E-state index contributed by atoms with van der Waals surface area (Å²) in [7, 11) is 0. The van der Waals surface area contributed by atoms with Gasteiger partial charge < -0.3 is 23.7 Å². The zero-order valence-corrected chi connectivity index (χ0v) is 21.0. The van der Waals surface area contributed by atoms with Crippen molar-refractivity contribution in [3.8, 4) is 11.3 Å². The summed E-state index contributed by atoms with van der Waals surface area (Å²) in [6, 6.07) is 7.32. The SMILES string of the molecule is CC(=O)OC[C@H]1O[C@@H](n2cc(-c3ccc(Br)cc3)nn2)[C@@H](OC(C)=O)[C@@H](OC(C)=O)[C@@H]1OC(C)=O. The molecule has 3 rings (SSSR count). The first-order valence-electron chi connectivity index (χ1n) is 10.5. The zero-order chi connectivity index (χ0) is 25.7. The number of halogens is 1. The molecule has 2 heterocycles. The molecule has 5 atom stereocenters. The van der Waals surface area contributed by atoms with Crippen molar-refractivity contribution in [1.29, 1.82) is 0 Å². The van der Waals surface area contributed by atoms with E-state index in [0.717, 1.165) is 23.9 Å².